The van der Waals surface area contributed by atoms with Crippen LogP contribution in [0.25, 0.3) is 0 Å². The van der Waals surface area contributed by atoms with Crippen LogP contribution in [0.15, 0.2) is 60.7 Å². The lowest BCUT2D eigenvalue weighted by molar-refractivity contribution is -0.136. The van der Waals surface area contributed by atoms with E-state index in [0.717, 1.165) is 17.5 Å². The van der Waals surface area contributed by atoms with E-state index in [0.29, 0.717) is 39.4 Å². The molecule has 1 fully saturated rings. The molecule has 1 atom stereocenters. The monoisotopic (exact) mass is 409 g/mol. The Kier molecular flexibility index (Phi) is 8.27. The molecule has 0 radical (unpaired) electrons. The molecule has 30 heavy (non-hydrogen) atoms. The fourth-order valence-corrected chi connectivity index (χ4v) is 3.66. The third kappa shape index (κ3) is 6.07. The Morgan fingerprint density at radius 2 is 1.67 bits per heavy atom. The molecule has 3 amide bonds. The van der Waals surface area contributed by atoms with Gasteiger partial charge in [-0.25, -0.2) is 4.79 Å². The smallest absolute Gasteiger partial charge is 0.317 e. The highest BCUT2D eigenvalue weighted by atomic mass is 16.5. The zero-order valence-corrected chi connectivity index (χ0v) is 17.6. The van der Waals surface area contributed by atoms with Crippen LogP contribution in [-0.4, -0.2) is 61.1 Å². The number of ether oxygens (including phenoxy) is 1. The number of amides is 3. The van der Waals surface area contributed by atoms with E-state index in [1.165, 1.54) is 0 Å². The van der Waals surface area contributed by atoms with Crippen molar-refractivity contribution in [3.63, 3.8) is 0 Å². The van der Waals surface area contributed by atoms with Crippen LogP contribution in [0, 0.1) is 0 Å². The van der Waals surface area contributed by atoms with Crippen LogP contribution in [0.1, 0.15) is 30.4 Å². The zero-order valence-electron chi connectivity index (χ0n) is 17.6. The van der Waals surface area contributed by atoms with Crippen molar-refractivity contribution in [2.75, 3.05) is 39.4 Å². The van der Waals surface area contributed by atoms with E-state index in [1.54, 1.807) is 4.90 Å². The van der Waals surface area contributed by atoms with Crippen molar-refractivity contribution in [3.8, 4) is 0 Å². The minimum absolute atomic E-state index is 0.0369. The molecule has 0 aromatic heterocycles. The predicted molar refractivity (Wildman–Crippen MR) is 117 cm³/mol. The average molecular weight is 410 g/mol. The number of carbonyl (C=O) groups excluding carboxylic acids is 2. The summed E-state index contributed by atoms with van der Waals surface area (Å²) in [5.41, 5.74) is 2.00. The normalized spacial score (nSPS) is 14.8. The highest BCUT2D eigenvalue weighted by Gasteiger charge is 2.28. The maximum absolute atomic E-state index is 13.2. The van der Waals surface area contributed by atoms with E-state index >= 15 is 0 Å². The van der Waals surface area contributed by atoms with Crippen LogP contribution in [0.2, 0.25) is 0 Å². The third-order valence-corrected chi connectivity index (χ3v) is 5.28. The Morgan fingerprint density at radius 1 is 1.03 bits per heavy atom. The second kappa shape index (κ2) is 11.4. The molecule has 6 nitrogen and oxygen atoms in total. The van der Waals surface area contributed by atoms with Crippen LogP contribution in [0.4, 0.5) is 4.79 Å². The fourth-order valence-electron chi connectivity index (χ4n) is 3.66. The number of urea groups is 1. The van der Waals surface area contributed by atoms with Gasteiger partial charge in [-0.15, -0.1) is 0 Å². The Balaban J connectivity index is 1.68. The molecule has 160 valence electrons. The summed E-state index contributed by atoms with van der Waals surface area (Å²) >= 11 is 0. The largest absolute Gasteiger partial charge is 0.378 e. The van der Waals surface area contributed by atoms with Crippen molar-refractivity contribution in [1.82, 2.24) is 15.1 Å². The lowest BCUT2D eigenvalue weighted by Crippen LogP contribution is -2.47. The molecular formula is C24H31N3O3. The predicted octanol–water partition coefficient (Wildman–Crippen LogP) is 3.25. The lowest BCUT2D eigenvalue weighted by atomic mass is 9.97. The van der Waals surface area contributed by atoms with Gasteiger partial charge in [0.1, 0.15) is 0 Å². The first kappa shape index (κ1) is 21.8. The van der Waals surface area contributed by atoms with Crippen molar-refractivity contribution in [2.24, 2.45) is 0 Å². The number of morpholine rings is 1. The molecule has 0 aliphatic carbocycles. The maximum atomic E-state index is 13.2. The van der Waals surface area contributed by atoms with Gasteiger partial charge in [-0.1, -0.05) is 67.6 Å². The van der Waals surface area contributed by atoms with Crippen molar-refractivity contribution in [2.45, 2.75) is 25.8 Å². The summed E-state index contributed by atoms with van der Waals surface area (Å²) in [6, 6.07) is 19.5. The van der Waals surface area contributed by atoms with Crippen molar-refractivity contribution in [1.29, 1.82) is 0 Å². The molecule has 2 aromatic carbocycles. The first-order chi connectivity index (χ1) is 14.7. The van der Waals surface area contributed by atoms with Gasteiger partial charge in [0, 0.05) is 32.7 Å². The minimum atomic E-state index is -0.409. The highest BCUT2D eigenvalue weighted by Crippen LogP contribution is 2.19. The zero-order chi connectivity index (χ0) is 21.2. The Hall–Kier alpha value is -2.86. The van der Waals surface area contributed by atoms with Crippen LogP contribution < -0.4 is 5.32 Å². The first-order valence-electron chi connectivity index (χ1n) is 10.7. The van der Waals surface area contributed by atoms with Gasteiger partial charge in [0.2, 0.25) is 5.91 Å². The van der Waals surface area contributed by atoms with E-state index in [2.05, 4.69) is 12.2 Å². The Morgan fingerprint density at radius 3 is 2.30 bits per heavy atom. The Labute approximate surface area is 178 Å². The number of rotatable bonds is 8. The van der Waals surface area contributed by atoms with Crippen LogP contribution in [0.5, 0.6) is 0 Å². The number of benzene rings is 2. The number of nitrogens with zero attached hydrogens (tertiary/aromatic N) is 2. The summed E-state index contributed by atoms with van der Waals surface area (Å²) in [4.78, 5) is 29.8. The van der Waals surface area contributed by atoms with Crippen molar-refractivity contribution < 1.29 is 14.3 Å². The van der Waals surface area contributed by atoms with E-state index in [1.807, 2.05) is 65.6 Å². The van der Waals surface area contributed by atoms with Crippen LogP contribution in [-0.2, 0) is 16.1 Å². The van der Waals surface area contributed by atoms with Gasteiger partial charge < -0.3 is 19.9 Å². The standard InChI is InChI=1S/C24H31N3O3/c1-2-13-27(19-20-9-5-3-6-10-20)24(29)25-18-22(21-11-7-4-8-12-21)23(28)26-14-16-30-17-15-26/h3-12,22H,2,13-19H2,1H3,(H,25,29). The summed E-state index contributed by atoms with van der Waals surface area (Å²) in [5.74, 6) is -0.372. The van der Waals surface area contributed by atoms with E-state index < -0.39 is 5.92 Å². The molecule has 1 heterocycles. The minimum Gasteiger partial charge on any atom is -0.378 e. The van der Waals surface area contributed by atoms with E-state index in [4.69, 9.17) is 4.74 Å². The van der Waals surface area contributed by atoms with Gasteiger partial charge in [0.25, 0.3) is 0 Å². The maximum Gasteiger partial charge on any atom is 0.317 e. The molecule has 0 spiro atoms. The molecule has 0 saturated carbocycles. The summed E-state index contributed by atoms with van der Waals surface area (Å²) in [6.45, 7) is 5.83. The van der Waals surface area contributed by atoms with Gasteiger partial charge >= 0.3 is 6.03 Å². The lowest BCUT2D eigenvalue weighted by Gasteiger charge is -2.31. The molecule has 6 heteroatoms. The van der Waals surface area contributed by atoms with Crippen LogP contribution >= 0.6 is 0 Å². The fraction of sp³-hybridized carbons (Fsp3) is 0.417. The summed E-state index contributed by atoms with van der Waals surface area (Å²) in [7, 11) is 0. The molecule has 2 aromatic rings. The highest BCUT2D eigenvalue weighted by molar-refractivity contribution is 5.85. The molecule has 1 N–H and O–H groups in total. The second-order valence-electron chi connectivity index (χ2n) is 7.49. The van der Waals surface area contributed by atoms with E-state index in [9.17, 15) is 9.59 Å². The van der Waals surface area contributed by atoms with Crippen molar-refractivity contribution >= 4 is 11.9 Å². The summed E-state index contributed by atoms with van der Waals surface area (Å²) < 4.78 is 5.38. The third-order valence-electron chi connectivity index (χ3n) is 5.28. The number of carbonyl (C=O) groups is 2. The molecule has 3 rings (SSSR count). The number of nitrogens with one attached hydrogen (secondary N) is 1. The molecule has 1 aliphatic heterocycles. The molecule has 1 unspecified atom stereocenters. The number of hydrogen-bond acceptors (Lipinski definition) is 3. The molecular weight excluding hydrogens is 378 g/mol. The SMILES string of the molecule is CCCN(Cc1ccccc1)C(=O)NCC(C(=O)N1CCOCC1)c1ccccc1. The average Bonchev–Trinajstić information content (AvgIpc) is 2.80. The van der Waals surface area contributed by atoms with Crippen LogP contribution in [0.3, 0.4) is 0 Å². The van der Waals surface area contributed by atoms with Crippen molar-refractivity contribution in [3.05, 3.63) is 71.8 Å². The van der Waals surface area contributed by atoms with Gasteiger partial charge in [-0.2, -0.15) is 0 Å². The van der Waals surface area contributed by atoms with Gasteiger partial charge in [-0.3, -0.25) is 4.79 Å². The molecule has 1 aliphatic rings. The van der Waals surface area contributed by atoms with E-state index in [-0.39, 0.29) is 18.5 Å². The first-order valence-corrected chi connectivity index (χ1v) is 10.7. The van der Waals surface area contributed by atoms with Gasteiger partial charge in [0.05, 0.1) is 19.1 Å². The van der Waals surface area contributed by atoms with Gasteiger partial charge in [0.15, 0.2) is 0 Å². The Bertz CT molecular complexity index is 792. The van der Waals surface area contributed by atoms with Gasteiger partial charge in [-0.05, 0) is 17.5 Å². The second-order valence-corrected chi connectivity index (χ2v) is 7.49. The topological polar surface area (TPSA) is 61.9 Å². The molecule has 0 bridgehead atoms. The summed E-state index contributed by atoms with van der Waals surface area (Å²) in [6.07, 6.45) is 0.870. The molecule has 1 saturated heterocycles. The number of hydrogen-bond donors (Lipinski definition) is 1. The quantitative estimate of drug-likeness (QED) is 0.728. The summed E-state index contributed by atoms with van der Waals surface area (Å²) in [5, 5.41) is 3.01.